The second kappa shape index (κ2) is 6.38. The van der Waals surface area contributed by atoms with Crippen LogP contribution in [0.25, 0.3) is 0 Å². The number of urea groups is 1. The molecule has 2 heterocycles. The fourth-order valence-electron chi connectivity index (χ4n) is 2.66. The molecule has 1 aliphatic heterocycles. The molecule has 0 spiro atoms. The van der Waals surface area contributed by atoms with Crippen LogP contribution in [0.4, 0.5) is 10.5 Å². The van der Waals surface area contributed by atoms with Crippen molar-refractivity contribution in [1.82, 2.24) is 9.88 Å². The predicted octanol–water partition coefficient (Wildman–Crippen LogP) is 3.13. The van der Waals surface area contributed by atoms with Gasteiger partial charge in [0.1, 0.15) is 6.04 Å². The molecule has 1 aliphatic rings. The van der Waals surface area contributed by atoms with Crippen molar-refractivity contribution in [3.63, 3.8) is 0 Å². The standard InChI is InChI=1S/C17H16ClN3O2/c1-12-16(22)20(11-8-13-6-9-19-10-7-13)17(23)21(12)15-4-2-14(18)3-5-15/h2-7,9-10,12H,8,11H2,1H3/t12-/m1/s1. The Morgan fingerprint density at radius 3 is 2.39 bits per heavy atom. The van der Waals surface area contributed by atoms with Crippen LogP contribution >= 0.6 is 11.6 Å². The molecular weight excluding hydrogens is 314 g/mol. The minimum absolute atomic E-state index is 0.181. The normalized spacial score (nSPS) is 17.9. The molecule has 0 bridgehead atoms. The summed E-state index contributed by atoms with van der Waals surface area (Å²) in [5, 5.41) is 0.592. The van der Waals surface area contributed by atoms with Crippen molar-refractivity contribution in [2.24, 2.45) is 0 Å². The number of anilines is 1. The highest BCUT2D eigenvalue weighted by atomic mass is 35.5. The van der Waals surface area contributed by atoms with Gasteiger partial charge in [0.15, 0.2) is 0 Å². The van der Waals surface area contributed by atoms with Gasteiger partial charge in [-0.25, -0.2) is 4.79 Å². The summed E-state index contributed by atoms with van der Waals surface area (Å²) in [6.07, 6.45) is 4.01. The number of benzene rings is 1. The number of hydrogen-bond donors (Lipinski definition) is 0. The topological polar surface area (TPSA) is 53.5 Å². The lowest BCUT2D eigenvalue weighted by Gasteiger charge is -2.19. The predicted molar refractivity (Wildman–Crippen MR) is 88.4 cm³/mol. The molecular formula is C17H16ClN3O2. The van der Waals surface area contributed by atoms with Crippen LogP contribution in [0, 0.1) is 0 Å². The summed E-state index contributed by atoms with van der Waals surface area (Å²) in [5.41, 5.74) is 1.71. The Morgan fingerprint density at radius 1 is 1.09 bits per heavy atom. The van der Waals surface area contributed by atoms with Gasteiger partial charge < -0.3 is 0 Å². The van der Waals surface area contributed by atoms with Crippen molar-refractivity contribution >= 4 is 29.2 Å². The fourth-order valence-corrected chi connectivity index (χ4v) is 2.78. The number of hydrogen-bond acceptors (Lipinski definition) is 3. The highest BCUT2D eigenvalue weighted by Gasteiger charge is 2.42. The van der Waals surface area contributed by atoms with Crippen LogP contribution in [0.5, 0.6) is 0 Å². The minimum atomic E-state index is -0.513. The lowest BCUT2D eigenvalue weighted by atomic mass is 10.2. The maximum absolute atomic E-state index is 12.6. The van der Waals surface area contributed by atoms with Gasteiger partial charge in [-0.2, -0.15) is 0 Å². The number of carbonyl (C=O) groups excluding carboxylic acids is 2. The quantitative estimate of drug-likeness (QED) is 0.810. The summed E-state index contributed by atoms with van der Waals surface area (Å²) < 4.78 is 0. The molecule has 0 unspecified atom stereocenters. The van der Waals surface area contributed by atoms with E-state index in [1.54, 1.807) is 43.6 Å². The molecule has 3 amide bonds. The number of pyridine rings is 1. The van der Waals surface area contributed by atoms with Crippen LogP contribution in [0.1, 0.15) is 12.5 Å². The summed E-state index contributed by atoms with van der Waals surface area (Å²) in [4.78, 5) is 31.8. The van der Waals surface area contributed by atoms with Gasteiger partial charge in [-0.15, -0.1) is 0 Å². The average Bonchev–Trinajstić information content (AvgIpc) is 2.78. The highest BCUT2D eigenvalue weighted by Crippen LogP contribution is 2.27. The third kappa shape index (κ3) is 3.05. The maximum atomic E-state index is 12.6. The number of aromatic nitrogens is 1. The number of imide groups is 1. The molecule has 0 radical (unpaired) electrons. The van der Waals surface area contributed by atoms with Gasteiger partial charge in [0, 0.05) is 29.6 Å². The van der Waals surface area contributed by atoms with Crippen molar-refractivity contribution in [2.45, 2.75) is 19.4 Å². The van der Waals surface area contributed by atoms with E-state index in [2.05, 4.69) is 4.98 Å². The Hall–Kier alpha value is -2.40. The van der Waals surface area contributed by atoms with E-state index in [9.17, 15) is 9.59 Å². The van der Waals surface area contributed by atoms with E-state index < -0.39 is 6.04 Å². The van der Waals surface area contributed by atoms with Crippen LogP contribution in [0.2, 0.25) is 5.02 Å². The van der Waals surface area contributed by atoms with Gasteiger partial charge in [0.25, 0.3) is 5.91 Å². The first kappa shape index (κ1) is 15.5. The molecule has 6 heteroatoms. The monoisotopic (exact) mass is 329 g/mol. The van der Waals surface area contributed by atoms with E-state index in [0.717, 1.165) is 5.56 Å². The van der Waals surface area contributed by atoms with E-state index in [-0.39, 0.29) is 11.9 Å². The molecule has 1 aromatic carbocycles. The van der Waals surface area contributed by atoms with E-state index in [0.29, 0.717) is 23.7 Å². The highest BCUT2D eigenvalue weighted by molar-refractivity contribution is 6.30. The third-order valence-electron chi connectivity index (χ3n) is 3.93. The van der Waals surface area contributed by atoms with Gasteiger partial charge in [0.05, 0.1) is 0 Å². The SMILES string of the molecule is C[C@@H]1C(=O)N(CCc2ccncc2)C(=O)N1c1ccc(Cl)cc1. The van der Waals surface area contributed by atoms with Crippen LogP contribution in [-0.4, -0.2) is 34.4 Å². The summed E-state index contributed by atoms with van der Waals surface area (Å²) >= 11 is 5.88. The number of carbonyl (C=O) groups is 2. The van der Waals surface area contributed by atoms with Gasteiger partial charge in [0.2, 0.25) is 0 Å². The van der Waals surface area contributed by atoms with E-state index in [1.165, 1.54) is 9.80 Å². The van der Waals surface area contributed by atoms with Crippen molar-refractivity contribution in [2.75, 3.05) is 11.4 Å². The molecule has 1 aromatic heterocycles. The van der Waals surface area contributed by atoms with E-state index in [1.807, 2.05) is 12.1 Å². The lowest BCUT2D eigenvalue weighted by Crippen LogP contribution is -2.34. The summed E-state index contributed by atoms with van der Waals surface area (Å²) in [5.74, 6) is -0.181. The Bertz CT molecular complexity index is 718. The first-order valence-electron chi connectivity index (χ1n) is 7.37. The van der Waals surface area contributed by atoms with Crippen molar-refractivity contribution < 1.29 is 9.59 Å². The number of halogens is 1. The first-order chi connectivity index (χ1) is 11.1. The Kier molecular flexibility index (Phi) is 4.30. The van der Waals surface area contributed by atoms with Crippen LogP contribution in [0.15, 0.2) is 48.8 Å². The smallest absolute Gasteiger partial charge is 0.282 e. The average molecular weight is 330 g/mol. The zero-order chi connectivity index (χ0) is 16.4. The number of rotatable bonds is 4. The fraction of sp³-hybridized carbons (Fsp3) is 0.235. The van der Waals surface area contributed by atoms with Gasteiger partial charge >= 0.3 is 6.03 Å². The molecule has 23 heavy (non-hydrogen) atoms. The third-order valence-corrected chi connectivity index (χ3v) is 4.18. The molecule has 0 aliphatic carbocycles. The minimum Gasteiger partial charge on any atom is -0.282 e. The Morgan fingerprint density at radius 2 is 1.74 bits per heavy atom. The zero-order valence-corrected chi connectivity index (χ0v) is 13.4. The summed E-state index contributed by atoms with van der Waals surface area (Å²) in [7, 11) is 0. The maximum Gasteiger partial charge on any atom is 0.331 e. The van der Waals surface area contributed by atoms with Crippen LogP contribution in [-0.2, 0) is 11.2 Å². The molecule has 5 nitrogen and oxygen atoms in total. The van der Waals surface area contributed by atoms with Crippen molar-refractivity contribution in [1.29, 1.82) is 0 Å². The zero-order valence-electron chi connectivity index (χ0n) is 12.6. The summed E-state index contributed by atoms with van der Waals surface area (Å²) in [6, 6.07) is 9.87. The summed E-state index contributed by atoms with van der Waals surface area (Å²) in [6.45, 7) is 2.09. The molecule has 1 saturated heterocycles. The number of amides is 3. The number of nitrogens with zero attached hydrogens (tertiary/aromatic N) is 3. The van der Waals surface area contributed by atoms with Gasteiger partial charge in [-0.1, -0.05) is 11.6 Å². The van der Waals surface area contributed by atoms with E-state index in [4.69, 9.17) is 11.6 Å². The second-order valence-corrected chi connectivity index (χ2v) is 5.84. The van der Waals surface area contributed by atoms with Gasteiger partial charge in [-0.05, 0) is 55.3 Å². The molecule has 1 atom stereocenters. The lowest BCUT2D eigenvalue weighted by molar-refractivity contribution is -0.126. The molecule has 0 saturated carbocycles. The molecule has 2 aromatic rings. The first-order valence-corrected chi connectivity index (χ1v) is 7.75. The molecule has 3 rings (SSSR count). The van der Waals surface area contributed by atoms with Crippen molar-refractivity contribution in [3.8, 4) is 0 Å². The molecule has 118 valence electrons. The largest absolute Gasteiger partial charge is 0.331 e. The van der Waals surface area contributed by atoms with Gasteiger partial charge in [-0.3, -0.25) is 19.6 Å². The molecule has 0 N–H and O–H groups in total. The van der Waals surface area contributed by atoms with Crippen LogP contribution < -0.4 is 4.90 Å². The molecule has 1 fully saturated rings. The second-order valence-electron chi connectivity index (χ2n) is 5.40. The van der Waals surface area contributed by atoms with E-state index >= 15 is 0 Å². The van der Waals surface area contributed by atoms with Crippen molar-refractivity contribution in [3.05, 3.63) is 59.4 Å². The Balaban J connectivity index is 1.76. The van der Waals surface area contributed by atoms with Crippen LogP contribution in [0.3, 0.4) is 0 Å². The Labute approximate surface area is 139 Å².